The van der Waals surface area contributed by atoms with E-state index in [1.807, 2.05) is 0 Å². The van der Waals surface area contributed by atoms with Gasteiger partial charge < -0.3 is 15.9 Å². The molecule has 2 amide bonds. The van der Waals surface area contributed by atoms with Crippen molar-refractivity contribution in [2.75, 3.05) is 12.8 Å². The van der Waals surface area contributed by atoms with E-state index in [0.29, 0.717) is 0 Å². The van der Waals surface area contributed by atoms with Crippen LogP contribution in [0.4, 0.5) is 5.13 Å². The van der Waals surface area contributed by atoms with Crippen molar-refractivity contribution in [2.24, 2.45) is 5.16 Å². The third-order valence-corrected chi connectivity index (χ3v) is 6.52. The maximum absolute atomic E-state index is 12.7. The Balaban J connectivity index is 1.84. The normalized spacial score (nSPS) is 20.6. The molecule has 162 valence electrons. The van der Waals surface area contributed by atoms with Gasteiger partial charge in [-0.1, -0.05) is 23.8 Å². The van der Waals surface area contributed by atoms with E-state index in [2.05, 4.69) is 40.9 Å². The summed E-state index contributed by atoms with van der Waals surface area (Å²) in [5.74, 6) is -1.87. The number of anilines is 1. The molecule has 1 saturated heterocycles. The molecule has 0 bridgehead atoms. The monoisotopic (exact) mass is 477 g/mol. The van der Waals surface area contributed by atoms with Crippen LogP contribution >= 0.6 is 23.1 Å². The fraction of sp³-hybridized carbons (Fsp3) is 0.417. The first-order chi connectivity index (χ1) is 14.1. The molecule has 1 aliphatic heterocycles. The van der Waals surface area contributed by atoms with Gasteiger partial charge in [-0.2, -0.15) is 13.6 Å². The van der Waals surface area contributed by atoms with Gasteiger partial charge in [-0.05, 0) is 5.21 Å². The molecule has 0 saturated carbocycles. The van der Waals surface area contributed by atoms with Gasteiger partial charge in [0.15, 0.2) is 10.8 Å². The lowest BCUT2D eigenvalue weighted by Crippen LogP contribution is -2.74. The molecule has 3 rings (SSSR count). The highest BCUT2D eigenvalue weighted by Gasteiger charge is 2.56. The number of tetrazole rings is 1. The number of nitrogens with zero attached hydrogens (tertiary/aromatic N) is 6. The summed E-state index contributed by atoms with van der Waals surface area (Å²) in [7, 11) is -3.65. The Labute approximate surface area is 177 Å². The van der Waals surface area contributed by atoms with Crippen LogP contribution in [0.3, 0.4) is 0 Å². The second kappa shape index (κ2) is 8.50. The Morgan fingerprint density at radius 3 is 2.83 bits per heavy atom. The SMILES string of the molecule is CON=C(C(=O)NC1C(=O)N(S(=O)(=O)O)C1C(C)Sc1nn[nH]n1)c1csc(N)n1. The number of oxime groups is 1. The highest BCUT2D eigenvalue weighted by Crippen LogP contribution is 2.34. The molecule has 18 heteroatoms. The largest absolute Gasteiger partial charge is 0.398 e. The standard InChI is InChI=1S/C12H15N9O6S3/c1-4(29-12-16-19-20-17-12)8-7(10(23)21(8)30(24,25)26)15-9(22)6(18-27-2)5-3-28-11(13)14-5/h3-4,7-8H,1-2H3,(H2,13,14)(H,15,22)(H,24,25,26)(H,16,17,19,20). The van der Waals surface area contributed by atoms with Crippen LogP contribution in [0.15, 0.2) is 15.7 Å². The smallest absolute Gasteiger partial charge is 0.362 e. The van der Waals surface area contributed by atoms with Crippen LogP contribution in [0.2, 0.25) is 0 Å². The number of hydrogen-bond donors (Lipinski definition) is 4. The van der Waals surface area contributed by atoms with E-state index in [1.165, 1.54) is 12.5 Å². The van der Waals surface area contributed by atoms with Crippen LogP contribution in [0, 0.1) is 0 Å². The third kappa shape index (κ3) is 4.35. The van der Waals surface area contributed by atoms with Gasteiger partial charge in [0.1, 0.15) is 18.8 Å². The number of aromatic nitrogens is 5. The van der Waals surface area contributed by atoms with Gasteiger partial charge in [0, 0.05) is 10.6 Å². The van der Waals surface area contributed by atoms with Crippen molar-refractivity contribution in [3.8, 4) is 0 Å². The number of hydrogen-bond acceptors (Lipinski definition) is 13. The molecule has 0 aromatic carbocycles. The summed E-state index contributed by atoms with van der Waals surface area (Å²) in [4.78, 5) is 33.7. The predicted octanol–water partition coefficient (Wildman–Crippen LogP) is -1.73. The zero-order chi connectivity index (χ0) is 22.1. The summed E-state index contributed by atoms with van der Waals surface area (Å²) in [6.45, 7) is 1.57. The molecule has 30 heavy (non-hydrogen) atoms. The van der Waals surface area contributed by atoms with E-state index >= 15 is 0 Å². The lowest BCUT2D eigenvalue weighted by molar-refractivity contribution is -0.144. The lowest BCUT2D eigenvalue weighted by atomic mass is 9.95. The second-order valence-corrected chi connectivity index (χ2v) is 9.29. The highest BCUT2D eigenvalue weighted by atomic mass is 32.2. The molecule has 2 aromatic heterocycles. The molecule has 3 atom stereocenters. The second-order valence-electron chi connectivity index (χ2n) is 5.76. The first-order valence-electron chi connectivity index (χ1n) is 7.97. The molecular weight excluding hydrogens is 462 g/mol. The van der Waals surface area contributed by atoms with E-state index in [9.17, 15) is 22.6 Å². The van der Waals surface area contributed by atoms with Crippen LogP contribution in [-0.4, -0.2) is 84.9 Å². The van der Waals surface area contributed by atoms with E-state index in [1.54, 1.807) is 6.92 Å². The van der Waals surface area contributed by atoms with Crippen LogP contribution in [0.25, 0.3) is 0 Å². The van der Waals surface area contributed by atoms with E-state index in [-0.39, 0.29) is 26.0 Å². The van der Waals surface area contributed by atoms with Gasteiger partial charge in [0.2, 0.25) is 5.16 Å². The number of thioether (sulfide) groups is 1. The highest BCUT2D eigenvalue weighted by molar-refractivity contribution is 7.99. The summed E-state index contributed by atoms with van der Waals surface area (Å²) < 4.78 is 33.0. The zero-order valence-corrected chi connectivity index (χ0v) is 17.7. The fourth-order valence-corrected chi connectivity index (χ4v) is 5.21. The van der Waals surface area contributed by atoms with Gasteiger partial charge in [0.05, 0.1) is 6.04 Å². The van der Waals surface area contributed by atoms with Gasteiger partial charge >= 0.3 is 10.3 Å². The number of rotatable bonds is 8. The number of carbonyl (C=O) groups excluding carboxylic acids is 2. The molecule has 0 radical (unpaired) electrons. The molecule has 0 spiro atoms. The number of thiazole rings is 1. The first kappa shape index (κ1) is 21.9. The number of nitrogens with two attached hydrogens (primary N) is 1. The quantitative estimate of drug-likeness (QED) is 0.109. The first-order valence-corrected chi connectivity index (χ1v) is 11.1. The van der Waals surface area contributed by atoms with E-state index < -0.39 is 39.5 Å². The number of nitrogens with one attached hydrogen (secondary N) is 2. The predicted molar refractivity (Wildman–Crippen MR) is 104 cm³/mol. The summed E-state index contributed by atoms with van der Waals surface area (Å²) in [6, 6.07) is -2.42. The molecule has 1 fully saturated rings. The minimum absolute atomic E-state index is 0.112. The molecule has 0 aliphatic carbocycles. The van der Waals surface area contributed by atoms with Crippen molar-refractivity contribution in [1.29, 1.82) is 0 Å². The van der Waals surface area contributed by atoms with Crippen LogP contribution < -0.4 is 11.1 Å². The summed E-state index contributed by atoms with van der Waals surface area (Å²) in [5, 5.41) is 20.3. The molecule has 2 aromatic rings. The van der Waals surface area contributed by atoms with Crippen LogP contribution in [0.5, 0.6) is 0 Å². The molecule has 5 N–H and O–H groups in total. The Bertz CT molecular complexity index is 1070. The molecule has 3 unspecified atom stereocenters. The Hall–Kier alpha value is -2.83. The number of H-pyrrole nitrogens is 1. The molecule has 3 heterocycles. The maximum Gasteiger partial charge on any atom is 0.362 e. The maximum atomic E-state index is 12.7. The van der Waals surface area contributed by atoms with Crippen molar-refractivity contribution in [2.45, 2.75) is 29.4 Å². The average Bonchev–Trinajstić information content (AvgIpc) is 3.32. The number of β-lactam (4-membered cyclic amide) rings is 1. The van der Waals surface area contributed by atoms with E-state index in [0.717, 1.165) is 23.1 Å². The zero-order valence-electron chi connectivity index (χ0n) is 15.3. The van der Waals surface area contributed by atoms with Gasteiger partial charge in [0.25, 0.3) is 11.8 Å². The van der Waals surface area contributed by atoms with E-state index in [4.69, 9.17) is 5.73 Å². The minimum atomic E-state index is -4.86. The van der Waals surface area contributed by atoms with Gasteiger partial charge in [-0.15, -0.1) is 21.5 Å². The fourth-order valence-electron chi connectivity index (χ4n) is 2.70. The van der Waals surface area contributed by atoms with Crippen molar-refractivity contribution >= 4 is 56.1 Å². The number of amides is 2. The van der Waals surface area contributed by atoms with Crippen LogP contribution in [0.1, 0.15) is 12.6 Å². The number of nitrogen functional groups attached to an aromatic ring is 1. The van der Waals surface area contributed by atoms with Crippen molar-refractivity contribution in [3.63, 3.8) is 0 Å². The Morgan fingerprint density at radius 1 is 1.57 bits per heavy atom. The number of aromatic amines is 1. The Kier molecular flexibility index (Phi) is 6.19. The minimum Gasteiger partial charge on any atom is -0.398 e. The average molecular weight is 478 g/mol. The van der Waals surface area contributed by atoms with Crippen molar-refractivity contribution < 1.29 is 27.4 Å². The summed E-state index contributed by atoms with van der Waals surface area (Å²) >= 11 is 2.05. The van der Waals surface area contributed by atoms with Crippen molar-refractivity contribution in [3.05, 3.63) is 11.1 Å². The Morgan fingerprint density at radius 2 is 2.30 bits per heavy atom. The molecule has 15 nitrogen and oxygen atoms in total. The van der Waals surface area contributed by atoms with Gasteiger partial charge in [-0.25, -0.2) is 9.29 Å². The number of carbonyl (C=O) groups is 2. The van der Waals surface area contributed by atoms with Crippen LogP contribution in [-0.2, 0) is 24.7 Å². The van der Waals surface area contributed by atoms with Crippen molar-refractivity contribution in [1.82, 2.24) is 35.2 Å². The van der Waals surface area contributed by atoms with Gasteiger partial charge in [-0.3, -0.25) is 14.1 Å². The summed E-state index contributed by atoms with van der Waals surface area (Å²) in [6.07, 6.45) is 0. The molecular formula is C12H15N9O6S3. The topological polar surface area (TPSA) is 219 Å². The molecule has 1 aliphatic rings. The lowest BCUT2D eigenvalue weighted by Gasteiger charge is -2.46. The summed E-state index contributed by atoms with van der Waals surface area (Å²) in [5.41, 5.74) is 5.42. The third-order valence-electron chi connectivity index (χ3n) is 3.89.